The van der Waals surface area contributed by atoms with Crippen molar-refractivity contribution in [1.29, 1.82) is 0 Å². The van der Waals surface area contributed by atoms with Gasteiger partial charge >= 0.3 is 5.97 Å². The van der Waals surface area contributed by atoms with Gasteiger partial charge in [0.25, 0.3) is 10.0 Å². The van der Waals surface area contributed by atoms with Crippen LogP contribution in [0.25, 0.3) is 0 Å². The topological polar surface area (TPSA) is 122 Å². The third-order valence-electron chi connectivity index (χ3n) is 3.89. The fraction of sp³-hybridized carbons (Fsp3) is 0.333. The maximum absolute atomic E-state index is 12.5. The predicted octanol–water partition coefficient (Wildman–Crippen LogP) is 1.81. The number of phenols is 1. The van der Waals surface area contributed by atoms with Gasteiger partial charge in [-0.1, -0.05) is 0 Å². The lowest BCUT2D eigenvalue weighted by molar-refractivity contribution is 0.0693. The summed E-state index contributed by atoms with van der Waals surface area (Å²) in [6.07, 6.45) is 2.10. The second-order valence-corrected chi connectivity index (χ2v) is 7.57. The van der Waals surface area contributed by atoms with E-state index in [2.05, 4.69) is 9.82 Å². The minimum Gasteiger partial charge on any atom is -0.506 e. The number of benzene rings is 1. The molecule has 3 rings (SSSR count). The Hall–Kier alpha value is -2.55. The summed E-state index contributed by atoms with van der Waals surface area (Å²) in [7, 11) is -2.44. The van der Waals surface area contributed by atoms with Crippen LogP contribution in [0, 0.1) is 6.92 Å². The zero-order valence-electron chi connectivity index (χ0n) is 13.1. The van der Waals surface area contributed by atoms with E-state index in [1.54, 1.807) is 24.7 Å². The van der Waals surface area contributed by atoms with Gasteiger partial charge in [-0.3, -0.25) is 9.40 Å². The first-order valence-electron chi connectivity index (χ1n) is 7.32. The number of sulfonamides is 1. The minimum absolute atomic E-state index is 0.136. The molecule has 1 saturated carbocycles. The van der Waals surface area contributed by atoms with E-state index in [1.165, 1.54) is 12.1 Å². The number of aromatic hydroxyl groups is 1. The Morgan fingerprint density at radius 2 is 2.00 bits per heavy atom. The van der Waals surface area contributed by atoms with Gasteiger partial charge < -0.3 is 10.2 Å². The molecule has 8 nitrogen and oxygen atoms in total. The Labute approximate surface area is 138 Å². The number of rotatable bonds is 5. The van der Waals surface area contributed by atoms with Gasteiger partial charge in [-0.15, -0.1) is 0 Å². The highest BCUT2D eigenvalue weighted by Gasteiger charge is 2.29. The smallest absolute Gasteiger partial charge is 0.339 e. The van der Waals surface area contributed by atoms with E-state index in [-0.39, 0.29) is 5.82 Å². The van der Waals surface area contributed by atoms with Crippen LogP contribution in [0.4, 0.5) is 5.82 Å². The van der Waals surface area contributed by atoms with E-state index in [4.69, 9.17) is 5.11 Å². The van der Waals surface area contributed by atoms with Crippen LogP contribution in [0.15, 0.2) is 23.1 Å². The molecule has 1 aliphatic carbocycles. The highest BCUT2D eigenvalue weighted by Crippen LogP contribution is 2.40. The van der Waals surface area contributed by atoms with Crippen molar-refractivity contribution in [3.8, 4) is 5.75 Å². The number of nitrogens with zero attached hydrogens (tertiary/aromatic N) is 2. The Bertz CT molecular complexity index is 929. The van der Waals surface area contributed by atoms with Crippen molar-refractivity contribution < 1.29 is 23.4 Å². The number of aromatic nitrogens is 2. The second kappa shape index (κ2) is 5.52. The zero-order chi connectivity index (χ0) is 17.6. The van der Waals surface area contributed by atoms with Gasteiger partial charge in [0.05, 0.1) is 0 Å². The predicted molar refractivity (Wildman–Crippen MR) is 85.8 cm³/mol. The molecule has 0 unspecified atom stereocenters. The van der Waals surface area contributed by atoms with Crippen molar-refractivity contribution in [2.45, 2.75) is 30.6 Å². The zero-order valence-corrected chi connectivity index (χ0v) is 14.0. The van der Waals surface area contributed by atoms with Crippen LogP contribution in [-0.2, 0) is 17.1 Å². The first kappa shape index (κ1) is 16.3. The summed E-state index contributed by atoms with van der Waals surface area (Å²) in [5.41, 5.74) is 0.882. The molecule has 1 fully saturated rings. The van der Waals surface area contributed by atoms with Crippen molar-refractivity contribution in [3.05, 3.63) is 35.0 Å². The third-order valence-corrected chi connectivity index (χ3v) is 5.26. The van der Waals surface area contributed by atoms with E-state index in [0.717, 1.165) is 18.5 Å². The molecule has 24 heavy (non-hydrogen) atoms. The molecule has 1 aromatic heterocycles. The van der Waals surface area contributed by atoms with Gasteiger partial charge in [0.2, 0.25) is 0 Å². The number of anilines is 1. The van der Waals surface area contributed by atoms with E-state index < -0.39 is 32.2 Å². The van der Waals surface area contributed by atoms with Crippen LogP contribution in [0.3, 0.4) is 0 Å². The summed E-state index contributed by atoms with van der Waals surface area (Å²) in [6.45, 7) is 1.55. The Kier molecular flexibility index (Phi) is 3.75. The van der Waals surface area contributed by atoms with Crippen molar-refractivity contribution >= 4 is 21.8 Å². The number of carbonyl (C=O) groups is 1. The number of hydrogen-bond acceptors (Lipinski definition) is 5. The summed E-state index contributed by atoms with van der Waals surface area (Å²) in [6, 6.07) is 4.08. The van der Waals surface area contributed by atoms with Crippen molar-refractivity contribution in [3.63, 3.8) is 0 Å². The number of nitrogens with one attached hydrogen (secondary N) is 1. The van der Waals surface area contributed by atoms with E-state index >= 15 is 0 Å². The lowest BCUT2D eigenvalue weighted by atomic mass is 10.1. The molecule has 0 spiro atoms. The molecular weight excluding hydrogens is 334 g/mol. The molecule has 1 aliphatic rings. The maximum atomic E-state index is 12.5. The highest BCUT2D eigenvalue weighted by atomic mass is 32.2. The van der Waals surface area contributed by atoms with E-state index in [1.807, 2.05) is 0 Å². The van der Waals surface area contributed by atoms with Crippen molar-refractivity contribution in [1.82, 2.24) is 9.78 Å². The molecule has 0 radical (unpaired) electrons. The molecule has 0 saturated heterocycles. The van der Waals surface area contributed by atoms with Crippen molar-refractivity contribution in [2.24, 2.45) is 7.05 Å². The molecule has 1 aromatic carbocycles. The largest absolute Gasteiger partial charge is 0.506 e. The van der Waals surface area contributed by atoms with Gasteiger partial charge in [-0.05, 0) is 37.5 Å². The first-order valence-corrected chi connectivity index (χ1v) is 8.81. The van der Waals surface area contributed by atoms with Crippen LogP contribution in [0.1, 0.15) is 40.4 Å². The average Bonchev–Trinajstić information content (AvgIpc) is 3.25. The lowest BCUT2D eigenvalue weighted by Crippen LogP contribution is -2.15. The Morgan fingerprint density at radius 3 is 2.58 bits per heavy atom. The molecule has 2 aromatic rings. The first-order chi connectivity index (χ1) is 11.2. The van der Waals surface area contributed by atoms with Gasteiger partial charge in [0.15, 0.2) is 11.6 Å². The van der Waals surface area contributed by atoms with Gasteiger partial charge in [-0.25, -0.2) is 13.2 Å². The summed E-state index contributed by atoms with van der Waals surface area (Å²) in [5.74, 6) is -1.66. The van der Waals surface area contributed by atoms with Crippen LogP contribution in [0.2, 0.25) is 0 Å². The molecule has 0 atom stereocenters. The summed E-state index contributed by atoms with van der Waals surface area (Å²) in [5, 5.41) is 23.2. The Balaban J connectivity index is 1.99. The fourth-order valence-corrected chi connectivity index (χ4v) is 3.79. The molecule has 0 amide bonds. The fourth-order valence-electron chi connectivity index (χ4n) is 2.60. The second-order valence-electron chi connectivity index (χ2n) is 5.92. The molecule has 0 bridgehead atoms. The third kappa shape index (κ3) is 2.94. The van der Waals surface area contributed by atoms with Gasteiger partial charge in [0.1, 0.15) is 10.5 Å². The molecule has 1 heterocycles. The van der Waals surface area contributed by atoms with Gasteiger partial charge in [0, 0.05) is 24.7 Å². The van der Waals surface area contributed by atoms with Crippen molar-refractivity contribution in [2.75, 3.05) is 4.72 Å². The van der Waals surface area contributed by atoms with E-state index in [9.17, 15) is 18.3 Å². The molecule has 3 N–H and O–H groups in total. The monoisotopic (exact) mass is 351 g/mol. The van der Waals surface area contributed by atoms with Crippen LogP contribution >= 0.6 is 0 Å². The van der Waals surface area contributed by atoms with E-state index in [0.29, 0.717) is 11.5 Å². The van der Waals surface area contributed by atoms with Crippen LogP contribution < -0.4 is 4.72 Å². The molecule has 9 heteroatoms. The number of aryl methyl sites for hydroxylation is 2. The Morgan fingerprint density at radius 1 is 1.33 bits per heavy atom. The SMILES string of the molecule is Cc1cc(C(=O)O)c(O)c(S(=O)(=O)Nc2cc(C3CC3)n(C)n2)c1. The molecule has 128 valence electrons. The normalized spacial score (nSPS) is 14.6. The molecule has 0 aliphatic heterocycles. The summed E-state index contributed by atoms with van der Waals surface area (Å²) in [4.78, 5) is 10.7. The number of hydrogen-bond donors (Lipinski definition) is 3. The highest BCUT2D eigenvalue weighted by molar-refractivity contribution is 7.92. The minimum atomic E-state index is -4.17. The average molecular weight is 351 g/mol. The van der Waals surface area contributed by atoms with Crippen LogP contribution in [-0.4, -0.2) is 34.4 Å². The standard InChI is InChI=1S/C15H17N3O5S/c1-8-5-10(15(20)21)14(19)12(6-8)24(22,23)17-13-7-11(9-3-4-9)18(2)16-13/h5-7,9,19H,3-4H2,1-2H3,(H,16,17)(H,20,21). The number of carboxylic acids is 1. The summed E-state index contributed by atoms with van der Waals surface area (Å²) >= 11 is 0. The number of carboxylic acid groups (broad SMARTS) is 1. The van der Waals surface area contributed by atoms with Gasteiger partial charge in [-0.2, -0.15) is 5.10 Å². The number of aromatic carboxylic acids is 1. The maximum Gasteiger partial charge on any atom is 0.339 e. The van der Waals surface area contributed by atoms with Crippen LogP contribution in [0.5, 0.6) is 5.75 Å². The lowest BCUT2D eigenvalue weighted by Gasteiger charge is -2.10. The molecular formula is C15H17N3O5S. The quantitative estimate of drug-likeness (QED) is 0.755. The summed E-state index contributed by atoms with van der Waals surface area (Å²) < 4.78 is 29.0.